The zero-order chi connectivity index (χ0) is 14.1. The van der Waals surface area contributed by atoms with Crippen LogP contribution in [0, 0.1) is 11.7 Å². The van der Waals surface area contributed by atoms with Gasteiger partial charge in [-0.25, -0.2) is 9.18 Å². The molecule has 1 N–H and O–H groups in total. The van der Waals surface area contributed by atoms with Crippen molar-refractivity contribution in [3.63, 3.8) is 0 Å². The topological polar surface area (TPSA) is 40.5 Å². The number of fused-ring (bicyclic) bond motifs is 1. The lowest BCUT2D eigenvalue weighted by molar-refractivity contribution is 0.0689. The quantitative estimate of drug-likeness (QED) is 0.921. The average Bonchev–Trinajstić information content (AvgIpc) is 2.90. The second kappa shape index (κ2) is 5.52. The Morgan fingerprint density at radius 1 is 1.30 bits per heavy atom. The van der Waals surface area contributed by atoms with Crippen LogP contribution in [0.4, 0.5) is 4.39 Å². The molecule has 1 aliphatic heterocycles. The van der Waals surface area contributed by atoms with Crippen molar-refractivity contribution < 1.29 is 14.3 Å². The summed E-state index contributed by atoms with van der Waals surface area (Å²) >= 11 is 0. The van der Waals surface area contributed by atoms with E-state index in [-0.39, 0.29) is 5.56 Å². The van der Waals surface area contributed by atoms with Crippen LogP contribution in [0.5, 0.6) is 0 Å². The van der Waals surface area contributed by atoms with Crippen molar-refractivity contribution in [3.8, 4) is 0 Å². The minimum Gasteiger partial charge on any atom is -0.478 e. The predicted molar refractivity (Wildman–Crippen MR) is 74.1 cm³/mol. The van der Waals surface area contributed by atoms with Gasteiger partial charge in [0, 0.05) is 12.6 Å². The lowest BCUT2D eigenvalue weighted by Crippen LogP contribution is -2.42. The zero-order valence-electron chi connectivity index (χ0n) is 11.5. The van der Waals surface area contributed by atoms with Crippen LogP contribution in [0.25, 0.3) is 0 Å². The van der Waals surface area contributed by atoms with Crippen LogP contribution < -0.4 is 0 Å². The molecule has 2 unspecified atom stereocenters. The summed E-state index contributed by atoms with van der Waals surface area (Å²) < 4.78 is 13.2. The molecular weight excluding hydrogens is 257 g/mol. The first kappa shape index (κ1) is 13.6. The fourth-order valence-electron chi connectivity index (χ4n) is 3.86. The molecule has 2 atom stereocenters. The summed E-state index contributed by atoms with van der Waals surface area (Å²) in [6.07, 6.45) is 6.28. The van der Waals surface area contributed by atoms with E-state index in [9.17, 15) is 14.3 Å². The third-order valence-corrected chi connectivity index (χ3v) is 4.78. The molecule has 0 aromatic heterocycles. The van der Waals surface area contributed by atoms with E-state index in [0.717, 1.165) is 24.1 Å². The van der Waals surface area contributed by atoms with Crippen molar-refractivity contribution in [2.24, 2.45) is 5.92 Å². The number of carbonyl (C=O) groups is 1. The second-order valence-corrected chi connectivity index (χ2v) is 5.98. The van der Waals surface area contributed by atoms with Crippen molar-refractivity contribution in [3.05, 3.63) is 35.1 Å². The van der Waals surface area contributed by atoms with E-state index in [0.29, 0.717) is 12.6 Å². The van der Waals surface area contributed by atoms with Crippen LogP contribution in [0.3, 0.4) is 0 Å². The second-order valence-electron chi connectivity index (χ2n) is 5.98. The fraction of sp³-hybridized carbons (Fsp3) is 0.562. The Balaban J connectivity index is 1.82. The predicted octanol–water partition coefficient (Wildman–Crippen LogP) is 3.29. The Morgan fingerprint density at radius 3 is 2.90 bits per heavy atom. The van der Waals surface area contributed by atoms with Crippen molar-refractivity contribution >= 4 is 5.97 Å². The average molecular weight is 277 g/mol. The first-order valence-electron chi connectivity index (χ1n) is 7.41. The first-order chi connectivity index (χ1) is 9.65. The van der Waals surface area contributed by atoms with E-state index < -0.39 is 11.8 Å². The molecule has 0 bridgehead atoms. The fourth-order valence-corrected chi connectivity index (χ4v) is 3.86. The first-order valence-corrected chi connectivity index (χ1v) is 7.41. The summed E-state index contributed by atoms with van der Waals surface area (Å²) in [4.78, 5) is 13.7. The Labute approximate surface area is 118 Å². The third-order valence-electron chi connectivity index (χ3n) is 4.78. The number of aromatic carboxylic acids is 1. The van der Waals surface area contributed by atoms with Crippen LogP contribution in [-0.2, 0) is 6.54 Å². The summed E-state index contributed by atoms with van der Waals surface area (Å²) in [7, 11) is 0. The minimum atomic E-state index is -1.04. The highest BCUT2D eigenvalue weighted by Gasteiger charge is 2.35. The van der Waals surface area contributed by atoms with E-state index in [1.165, 1.54) is 38.2 Å². The van der Waals surface area contributed by atoms with Gasteiger partial charge < -0.3 is 5.11 Å². The van der Waals surface area contributed by atoms with Gasteiger partial charge in [-0.2, -0.15) is 0 Å². The van der Waals surface area contributed by atoms with Gasteiger partial charge in [0.25, 0.3) is 0 Å². The molecule has 3 nitrogen and oxygen atoms in total. The maximum Gasteiger partial charge on any atom is 0.336 e. The van der Waals surface area contributed by atoms with Gasteiger partial charge in [-0.15, -0.1) is 0 Å². The van der Waals surface area contributed by atoms with Crippen molar-refractivity contribution in [2.75, 3.05) is 6.54 Å². The number of hydrogen-bond acceptors (Lipinski definition) is 2. The van der Waals surface area contributed by atoms with Crippen molar-refractivity contribution in [1.29, 1.82) is 0 Å². The van der Waals surface area contributed by atoms with E-state index in [1.54, 1.807) is 6.07 Å². The van der Waals surface area contributed by atoms with Crippen LogP contribution in [0.2, 0.25) is 0 Å². The van der Waals surface area contributed by atoms with Crippen LogP contribution in [-0.4, -0.2) is 28.6 Å². The smallest absolute Gasteiger partial charge is 0.336 e. The summed E-state index contributed by atoms with van der Waals surface area (Å²) in [6.45, 7) is 1.65. The molecule has 4 heteroatoms. The number of nitrogens with zero attached hydrogens (tertiary/aromatic N) is 1. The number of rotatable bonds is 3. The highest BCUT2D eigenvalue weighted by atomic mass is 19.1. The summed E-state index contributed by atoms with van der Waals surface area (Å²) in [5, 5.41) is 9.22. The molecule has 2 aliphatic rings. The molecule has 1 saturated carbocycles. The number of carboxylic acids is 1. The monoisotopic (exact) mass is 277 g/mol. The van der Waals surface area contributed by atoms with Crippen LogP contribution in [0.15, 0.2) is 18.2 Å². The molecule has 1 aromatic rings. The maximum atomic E-state index is 13.2. The lowest BCUT2D eigenvalue weighted by atomic mass is 9.91. The number of benzene rings is 1. The van der Waals surface area contributed by atoms with E-state index in [4.69, 9.17) is 0 Å². The Morgan fingerprint density at radius 2 is 2.10 bits per heavy atom. The Kier molecular flexibility index (Phi) is 3.74. The van der Waals surface area contributed by atoms with Gasteiger partial charge >= 0.3 is 5.97 Å². The van der Waals surface area contributed by atoms with Gasteiger partial charge in [0.2, 0.25) is 0 Å². The molecule has 0 amide bonds. The number of halogens is 1. The molecule has 1 saturated heterocycles. The molecular formula is C16H20FNO2. The van der Waals surface area contributed by atoms with Gasteiger partial charge in [0.05, 0.1) is 5.56 Å². The molecule has 20 heavy (non-hydrogen) atoms. The van der Waals surface area contributed by atoms with Gasteiger partial charge in [-0.05, 0) is 55.8 Å². The standard InChI is InChI=1S/C16H20FNO2/c17-13-7-6-12(14(9-13)16(19)20)10-18-8-2-4-11-3-1-5-15(11)18/h6-7,9,11,15H,1-5,8,10H2,(H,19,20). The van der Waals surface area contributed by atoms with Crippen LogP contribution >= 0.6 is 0 Å². The van der Waals surface area contributed by atoms with Gasteiger partial charge in [-0.3, -0.25) is 4.90 Å². The highest BCUT2D eigenvalue weighted by Crippen LogP contribution is 2.37. The maximum absolute atomic E-state index is 13.2. The number of hydrogen-bond donors (Lipinski definition) is 1. The van der Waals surface area contributed by atoms with E-state index >= 15 is 0 Å². The number of likely N-dealkylation sites (tertiary alicyclic amines) is 1. The molecule has 2 fully saturated rings. The summed E-state index contributed by atoms with van der Waals surface area (Å²) in [6, 6.07) is 4.71. The number of piperidine rings is 1. The molecule has 0 radical (unpaired) electrons. The van der Waals surface area contributed by atoms with E-state index in [2.05, 4.69) is 4.90 Å². The molecule has 1 aromatic carbocycles. The highest BCUT2D eigenvalue weighted by molar-refractivity contribution is 5.89. The van der Waals surface area contributed by atoms with Gasteiger partial charge in [0.15, 0.2) is 0 Å². The van der Waals surface area contributed by atoms with Gasteiger partial charge in [0.1, 0.15) is 5.82 Å². The van der Waals surface area contributed by atoms with Crippen molar-refractivity contribution in [2.45, 2.75) is 44.7 Å². The summed E-state index contributed by atoms with van der Waals surface area (Å²) in [5.41, 5.74) is 0.830. The molecule has 3 rings (SSSR count). The largest absolute Gasteiger partial charge is 0.478 e. The Hall–Kier alpha value is -1.42. The minimum absolute atomic E-state index is 0.102. The molecule has 1 heterocycles. The van der Waals surface area contributed by atoms with E-state index in [1.807, 2.05) is 0 Å². The lowest BCUT2D eigenvalue weighted by Gasteiger charge is -2.38. The normalized spacial score (nSPS) is 26.4. The third kappa shape index (κ3) is 2.57. The van der Waals surface area contributed by atoms with Gasteiger partial charge in [-0.1, -0.05) is 12.5 Å². The Bertz CT molecular complexity index is 517. The summed E-state index contributed by atoms with van der Waals surface area (Å²) in [5.74, 6) is -0.750. The van der Waals surface area contributed by atoms with Crippen molar-refractivity contribution in [1.82, 2.24) is 4.90 Å². The molecule has 1 aliphatic carbocycles. The molecule has 108 valence electrons. The number of carboxylic acid groups (broad SMARTS) is 1. The van der Waals surface area contributed by atoms with Crippen LogP contribution in [0.1, 0.15) is 48.0 Å². The molecule has 0 spiro atoms. The zero-order valence-corrected chi connectivity index (χ0v) is 11.5. The SMILES string of the molecule is O=C(O)c1cc(F)ccc1CN1CCCC2CCCC21.